The molecule has 0 fully saturated rings. The highest BCUT2D eigenvalue weighted by atomic mass is 16.6. The Morgan fingerprint density at radius 3 is 1.39 bits per heavy atom. The highest BCUT2D eigenvalue weighted by Gasteiger charge is 2.22. The van der Waals surface area contributed by atoms with Gasteiger partial charge in [-0.1, -0.05) is 48.5 Å². The summed E-state index contributed by atoms with van der Waals surface area (Å²) >= 11 is 0. The fourth-order valence-electron chi connectivity index (χ4n) is 8.27. The van der Waals surface area contributed by atoms with E-state index < -0.39 is 10.8 Å². The van der Waals surface area contributed by atoms with Gasteiger partial charge in [-0.25, -0.2) is 0 Å². The second-order valence-electron chi connectivity index (χ2n) is 16.2. The maximum Gasteiger partial charge on any atom is 0.282 e. The van der Waals surface area contributed by atoms with Crippen LogP contribution in [-0.4, -0.2) is 81.2 Å². The number of para-hydroxylation sites is 2. The third-order valence-electron chi connectivity index (χ3n) is 12.0. The van der Waals surface area contributed by atoms with Gasteiger partial charge in [-0.3, -0.25) is 29.5 Å². The molecule has 14 heteroatoms. The number of ether oxygens (including phenoxy) is 4. The van der Waals surface area contributed by atoms with Gasteiger partial charge in [0, 0.05) is 62.4 Å². The molecule has 0 aromatic heterocycles. The van der Waals surface area contributed by atoms with Gasteiger partial charge in [0.2, 0.25) is 0 Å². The van der Waals surface area contributed by atoms with Crippen molar-refractivity contribution in [2.75, 3.05) is 71.0 Å². The maximum atomic E-state index is 12.5. The van der Waals surface area contributed by atoms with Crippen LogP contribution in [0.4, 0.5) is 22.7 Å². The van der Waals surface area contributed by atoms with Gasteiger partial charge in [0.1, 0.15) is 5.56 Å². The van der Waals surface area contributed by atoms with Crippen LogP contribution in [0.1, 0.15) is 54.1 Å². The molecule has 0 spiro atoms. The number of nitrogen functional groups attached to an aromatic ring is 1. The van der Waals surface area contributed by atoms with Gasteiger partial charge < -0.3 is 35.3 Å². The van der Waals surface area contributed by atoms with Crippen LogP contribution >= 0.6 is 0 Å². The van der Waals surface area contributed by atoms with Crippen LogP contribution in [0.15, 0.2) is 121 Å². The van der Waals surface area contributed by atoms with Crippen LogP contribution < -0.4 is 35.3 Å². The zero-order valence-corrected chi connectivity index (χ0v) is 37.8. The third kappa shape index (κ3) is 11.6. The second kappa shape index (κ2) is 22.0. The van der Waals surface area contributed by atoms with Crippen LogP contribution in [0.25, 0.3) is 0 Å². The predicted molar refractivity (Wildman–Crippen MR) is 257 cm³/mol. The Labute approximate surface area is 385 Å². The van der Waals surface area contributed by atoms with Crippen molar-refractivity contribution in [2.24, 2.45) is 0 Å². The lowest BCUT2D eigenvalue weighted by Crippen LogP contribution is -2.32. The first kappa shape index (κ1) is 46.6. The van der Waals surface area contributed by atoms with Gasteiger partial charge >= 0.3 is 0 Å². The molecule has 0 aliphatic carbocycles. The zero-order chi connectivity index (χ0) is 46.6. The van der Waals surface area contributed by atoms with Crippen molar-refractivity contribution < 1.29 is 33.5 Å². The van der Waals surface area contributed by atoms with Crippen molar-refractivity contribution >= 4 is 34.6 Å². The highest BCUT2D eigenvalue weighted by molar-refractivity contribution is 6.08. The Bertz CT molecular complexity index is 2650. The van der Waals surface area contributed by atoms with Crippen molar-refractivity contribution in [1.82, 2.24) is 9.80 Å². The van der Waals surface area contributed by atoms with E-state index in [2.05, 4.69) is 56.8 Å². The van der Waals surface area contributed by atoms with Crippen LogP contribution in [0, 0.1) is 10.1 Å². The summed E-state index contributed by atoms with van der Waals surface area (Å²) in [6.45, 7) is 5.65. The number of nitrogens with zero attached hydrogens (tertiary/aromatic N) is 3. The lowest BCUT2D eigenvalue weighted by atomic mass is 9.98. The summed E-state index contributed by atoms with van der Waals surface area (Å²) in [7, 11) is 6.65. The number of nitro groups is 1. The molecule has 2 aliphatic heterocycles. The summed E-state index contributed by atoms with van der Waals surface area (Å²) in [5, 5.41) is 16.8. The number of hydrogen-bond acceptors (Lipinski definition) is 11. The minimum atomic E-state index is -0.552. The number of nitro benzene ring substituents is 1. The van der Waals surface area contributed by atoms with Crippen LogP contribution in [0.3, 0.4) is 0 Å². The Morgan fingerprint density at radius 2 is 0.970 bits per heavy atom. The average molecular weight is 893 g/mol. The lowest BCUT2D eigenvalue weighted by Gasteiger charge is -2.29. The number of nitrogens with one attached hydrogen (secondary N) is 2. The molecule has 14 nitrogen and oxygen atoms in total. The first-order chi connectivity index (χ1) is 32.0. The van der Waals surface area contributed by atoms with Gasteiger partial charge in [-0.2, -0.15) is 0 Å². The van der Waals surface area contributed by atoms with Gasteiger partial charge in [-0.15, -0.1) is 0 Å². The first-order valence-corrected chi connectivity index (χ1v) is 21.9. The molecule has 8 rings (SSSR count). The quantitative estimate of drug-likeness (QED) is 0.0513. The highest BCUT2D eigenvalue weighted by Crippen LogP contribution is 2.35. The number of methoxy groups -OCH3 is 4. The third-order valence-corrected chi connectivity index (χ3v) is 12.0. The Hall–Kier alpha value is -7.42. The Morgan fingerprint density at radius 1 is 0.576 bits per heavy atom. The fraction of sp³-hybridized carbons (Fsp3) is 0.269. The van der Waals surface area contributed by atoms with Crippen molar-refractivity contribution in [3.8, 4) is 23.0 Å². The molecule has 2 amide bonds. The summed E-state index contributed by atoms with van der Waals surface area (Å²) < 4.78 is 21.7. The Balaban J connectivity index is 0.000000197. The normalized spacial score (nSPS) is 13.2. The minimum absolute atomic E-state index is 0.0382. The van der Waals surface area contributed by atoms with E-state index in [9.17, 15) is 19.7 Å². The van der Waals surface area contributed by atoms with Crippen molar-refractivity contribution in [3.05, 3.63) is 176 Å². The summed E-state index contributed by atoms with van der Waals surface area (Å²) in [6, 6.07) is 36.9. The molecule has 0 radical (unpaired) electrons. The van der Waals surface area contributed by atoms with Gasteiger partial charge in [0.25, 0.3) is 17.5 Å². The van der Waals surface area contributed by atoms with Crippen molar-refractivity contribution in [1.29, 1.82) is 0 Å². The lowest BCUT2D eigenvalue weighted by molar-refractivity contribution is -0.385. The molecule has 6 aromatic carbocycles. The standard InChI is InChI=1S/C26H27N3O5.C26H29N3O3/c1-33-24-15-19-12-14-28(17-20(19)16-25(24)34-2)13-11-18-7-9-21(10-8-18)27-26(30)22-5-3-4-6-23(22)29(31)32;1-31-24-15-19-12-14-29(17-20(19)16-25(24)32-2)13-11-18-7-9-21(10-8-18)28-26(30)22-5-3-4-6-23(22)27/h3-10,15-16H,11-14,17H2,1-2H3,(H,27,30);3-10,15-16H,11-14,17,27H2,1-2H3,(H,28,30). The molecular weight excluding hydrogens is 837 g/mol. The number of hydrogen-bond donors (Lipinski definition) is 3. The molecule has 6 aromatic rings. The summed E-state index contributed by atoms with van der Waals surface area (Å²) in [6.07, 6.45) is 3.79. The summed E-state index contributed by atoms with van der Waals surface area (Å²) in [5.74, 6) is 2.39. The first-order valence-electron chi connectivity index (χ1n) is 21.9. The Kier molecular flexibility index (Phi) is 15.5. The van der Waals surface area contributed by atoms with E-state index in [1.54, 1.807) is 52.7 Å². The molecule has 2 aliphatic rings. The molecule has 0 saturated carbocycles. The molecule has 2 heterocycles. The second-order valence-corrected chi connectivity index (χ2v) is 16.2. The molecule has 0 bridgehead atoms. The smallest absolute Gasteiger partial charge is 0.282 e. The molecule has 4 N–H and O–H groups in total. The van der Waals surface area contributed by atoms with E-state index in [0.29, 0.717) is 16.9 Å². The SMILES string of the molecule is COc1cc2c(cc1OC)CN(CCc1ccc(NC(=O)c3ccccc3N)cc1)CC2.COc1cc2c(cc1OC)CN(CCc1ccc(NC(=O)c3ccccc3[N+](=O)[O-])cc1)CC2. The van der Waals surface area contributed by atoms with E-state index >= 15 is 0 Å². The average Bonchev–Trinajstić information content (AvgIpc) is 3.35. The minimum Gasteiger partial charge on any atom is -0.493 e. The molecule has 0 saturated heterocycles. The number of fused-ring (bicyclic) bond motifs is 2. The molecule has 342 valence electrons. The largest absolute Gasteiger partial charge is 0.493 e. The van der Waals surface area contributed by atoms with Crippen molar-refractivity contribution in [2.45, 2.75) is 38.8 Å². The van der Waals surface area contributed by atoms with Crippen LogP contribution in [0.2, 0.25) is 0 Å². The van der Waals surface area contributed by atoms with E-state index in [4.69, 9.17) is 24.7 Å². The van der Waals surface area contributed by atoms with Crippen LogP contribution in [0.5, 0.6) is 23.0 Å². The number of anilines is 3. The fourth-order valence-corrected chi connectivity index (χ4v) is 8.27. The topological polar surface area (TPSA) is 171 Å². The van der Waals surface area contributed by atoms with E-state index in [1.165, 1.54) is 46.0 Å². The monoisotopic (exact) mass is 892 g/mol. The molecule has 66 heavy (non-hydrogen) atoms. The zero-order valence-electron chi connectivity index (χ0n) is 37.8. The number of rotatable bonds is 15. The van der Waals surface area contributed by atoms with Crippen LogP contribution in [-0.2, 0) is 38.8 Å². The molecular formula is C52H56N6O8. The summed E-state index contributed by atoms with van der Waals surface area (Å²) in [4.78, 5) is 40.4. The number of carbonyl (C=O) groups excluding carboxylic acids is 2. The number of nitrogens with two attached hydrogens (primary N) is 1. The predicted octanol–water partition coefficient (Wildman–Crippen LogP) is 8.60. The van der Waals surface area contributed by atoms with E-state index in [1.807, 2.05) is 42.5 Å². The number of benzene rings is 6. The number of carbonyl (C=O) groups is 2. The molecule has 0 atom stereocenters. The number of amides is 2. The van der Waals surface area contributed by atoms with E-state index in [-0.39, 0.29) is 17.2 Å². The maximum absolute atomic E-state index is 12.5. The van der Waals surface area contributed by atoms with Gasteiger partial charge in [-0.05, 0) is 126 Å². The van der Waals surface area contributed by atoms with Crippen molar-refractivity contribution in [3.63, 3.8) is 0 Å². The van der Waals surface area contributed by atoms with Gasteiger partial charge in [0.15, 0.2) is 23.0 Å². The van der Waals surface area contributed by atoms with E-state index in [0.717, 1.165) is 99.2 Å². The summed E-state index contributed by atoms with van der Waals surface area (Å²) in [5.41, 5.74) is 15.6. The van der Waals surface area contributed by atoms with Gasteiger partial charge in [0.05, 0.1) is 38.9 Å². The molecule has 0 unspecified atom stereocenters.